The van der Waals surface area contributed by atoms with Gasteiger partial charge in [-0.25, -0.2) is 9.97 Å². The minimum Gasteiger partial charge on any atom is -0.497 e. The molecular formula is C42H44Cl2N8O8. The molecule has 0 saturated carbocycles. The summed E-state index contributed by atoms with van der Waals surface area (Å²) in [6, 6.07) is 21.9. The number of halogens is 2. The number of carbonyl (C=O) groups is 4. The molecule has 18 heteroatoms. The van der Waals surface area contributed by atoms with Crippen LogP contribution in [0.25, 0.3) is 43.6 Å². The molecule has 2 amide bonds. The summed E-state index contributed by atoms with van der Waals surface area (Å²) in [7, 11) is 3.16. The maximum absolute atomic E-state index is 13.0. The van der Waals surface area contributed by atoms with E-state index in [9.17, 15) is 29.4 Å². The minimum atomic E-state index is -1.16. The number of carboxylic acid groups (broad SMARTS) is 2. The van der Waals surface area contributed by atoms with Crippen LogP contribution in [0.2, 0.25) is 10.0 Å². The van der Waals surface area contributed by atoms with E-state index in [1.165, 1.54) is 9.80 Å². The number of benzene rings is 4. The molecule has 2 heterocycles. The maximum atomic E-state index is 13.0. The van der Waals surface area contributed by atoms with Crippen molar-refractivity contribution in [3.05, 3.63) is 82.8 Å². The van der Waals surface area contributed by atoms with E-state index in [2.05, 4.69) is 21.3 Å². The lowest BCUT2D eigenvalue weighted by molar-refractivity contribution is -0.141. The number of carboxylic acids is 2. The third-order valence-corrected chi connectivity index (χ3v) is 10.0. The standard InChI is InChI=1S/C42H44Cl2N8O8/c1-59-27-5-9-33-31(19-27)41(29-7-3-25(43)17-35(29)49-33)47-13-11-45-37(53)21-51(23-39(55)56)15-16-52(24-40(57)58)22-38(54)46-12-14-48-42-30-8-4-26(44)18-36(30)50-34-10-6-28(60-2)20-32(34)42/h3-10,17-20H,11-16,21-24H2,1-2H3,(H,45,53)(H,46,54)(H,47,49)(H,48,50)(H,55,56)(H,57,58). The molecule has 0 atom stereocenters. The third-order valence-electron chi connectivity index (χ3n) is 9.57. The molecule has 0 spiro atoms. The first-order valence-electron chi connectivity index (χ1n) is 18.9. The number of nitrogens with zero attached hydrogens (tertiary/aromatic N) is 4. The number of anilines is 2. The highest BCUT2D eigenvalue weighted by Crippen LogP contribution is 2.35. The molecule has 60 heavy (non-hydrogen) atoms. The molecule has 0 radical (unpaired) electrons. The van der Waals surface area contributed by atoms with Gasteiger partial charge in [-0.15, -0.1) is 0 Å². The topological polar surface area (TPSA) is 208 Å². The molecule has 6 N–H and O–H groups in total. The molecule has 0 aliphatic rings. The van der Waals surface area contributed by atoms with E-state index < -0.39 is 36.8 Å². The molecule has 0 bridgehead atoms. The van der Waals surface area contributed by atoms with Crippen LogP contribution in [0.5, 0.6) is 11.5 Å². The zero-order valence-electron chi connectivity index (χ0n) is 32.9. The predicted molar refractivity (Wildman–Crippen MR) is 233 cm³/mol. The van der Waals surface area contributed by atoms with Gasteiger partial charge in [-0.1, -0.05) is 23.2 Å². The smallest absolute Gasteiger partial charge is 0.317 e. The Morgan fingerprint density at radius 2 is 0.967 bits per heavy atom. The Labute approximate surface area is 354 Å². The van der Waals surface area contributed by atoms with Crippen LogP contribution in [0.15, 0.2) is 72.8 Å². The predicted octanol–water partition coefficient (Wildman–Crippen LogP) is 4.94. The zero-order valence-corrected chi connectivity index (χ0v) is 34.4. The normalized spacial score (nSPS) is 11.4. The highest BCUT2D eigenvalue weighted by Gasteiger charge is 2.20. The van der Waals surface area contributed by atoms with Gasteiger partial charge in [0.15, 0.2) is 0 Å². The molecule has 6 rings (SSSR count). The number of rotatable bonds is 21. The van der Waals surface area contributed by atoms with Gasteiger partial charge in [0.2, 0.25) is 11.8 Å². The van der Waals surface area contributed by atoms with Crippen molar-refractivity contribution in [1.82, 2.24) is 30.4 Å². The van der Waals surface area contributed by atoms with E-state index in [0.29, 0.717) is 45.7 Å². The Morgan fingerprint density at radius 1 is 0.550 bits per heavy atom. The largest absolute Gasteiger partial charge is 0.497 e. The number of amides is 2. The number of ether oxygens (including phenoxy) is 2. The second-order valence-corrected chi connectivity index (χ2v) is 14.7. The zero-order chi connectivity index (χ0) is 42.8. The Morgan fingerprint density at radius 3 is 1.35 bits per heavy atom. The van der Waals surface area contributed by atoms with Gasteiger partial charge in [0.05, 0.1) is 73.8 Å². The highest BCUT2D eigenvalue weighted by molar-refractivity contribution is 6.32. The van der Waals surface area contributed by atoms with Crippen molar-refractivity contribution in [2.45, 2.75) is 0 Å². The summed E-state index contributed by atoms with van der Waals surface area (Å²) in [4.78, 5) is 61.7. The number of aromatic nitrogens is 2. The Bertz CT molecular complexity index is 2390. The SMILES string of the molecule is COc1ccc2nc3cc(Cl)ccc3c(NCCNC(=O)CN(CCN(CC(=O)O)CC(=O)NCCNc3c4ccc(Cl)cc4nc4ccc(OC)cc34)CC(=O)O)c2c1. The lowest BCUT2D eigenvalue weighted by Gasteiger charge is -2.25. The molecule has 16 nitrogen and oxygen atoms in total. The number of fused-ring (bicyclic) bond motifs is 4. The molecule has 6 aromatic rings. The van der Waals surface area contributed by atoms with Crippen LogP contribution in [-0.4, -0.2) is 133 Å². The van der Waals surface area contributed by atoms with Gasteiger partial charge in [-0.05, 0) is 72.8 Å². The quantitative estimate of drug-likeness (QED) is 0.0419. The number of hydrogen-bond donors (Lipinski definition) is 6. The first-order valence-corrected chi connectivity index (χ1v) is 19.7. The highest BCUT2D eigenvalue weighted by atomic mass is 35.5. The van der Waals surface area contributed by atoms with Gasteiger partial charge in [0, 0.05) is 70.9 Å². The van der Waals surface area contributed by atoms with E-state index in [1.807, 2.05) is 48.5 Å². The number of carbonyl (C=O) groups excluding carboxylic acids is 2. The van der Waals surface area contributed by atoms with Gasteiger partial charge in [0.1, 0.15) is 11.5 Å². The van der Waals surface area contributed by atoms with Crippen molar-refractivity contribution in [1.29, 1.82) is 0 Å². The van der Waals surface area contributed by atoms with Crippen molar-refractivity contribution in [2.24, 2.45) is 0 Å². The molecule has 314 valence electrons. The second-order valence-electron chi connectivity index (χ2n) is 13.8. The number of nitrogens with one attached hydrogen (secondary N) is 4. The molecular weight excluding hydrogens is 815 g/mol. The second kappa shape index (κ2) is 20.2. The van der Waals surface area contributed by atoms with Crippen LogP contribution in [-0.2, 0) is 19.2 Å². The van der Waals surface area contributed by atoms with Crippen LogP contribution in [0.3, 0.4) is 0 Å². The maximum Gasteiger partial charge on any atom is 0.317 e. The monoisotopic (exact) mass is 858 g/mol. The summed E-state index contributed by atoms with van der Waals surface area (Å²) in [5.74, 6) is -1.88. The number of methoxy groups -OCH3 is 2. The molecule has 0 aliphatic carbocycles. The number of aliphatic carboxylic acids is 2. The molecule has 0 fully saturated rings. The van der Waals surface area contributed by atoms with Gasteiger partial charge in [-0.2, -0.15) is 0 Å². The summed E-state index contributed by atoms with van der Waals surface area (Å²) < 4.78 is 10.8. The van der Waals surface area contributed by atoms with E-state index in [0.717, 1.165) is 44.0 Å². The summed E-state index contributed by atoms with van der Waals surface area (Å²) in [5.41, 5.74) is 4.41. The summed E-state index contributed by atoms with van der Waals surface area (Å²) in [6.07, 6.45) is 0. The van der Waals surface area contributed by atoms with Crippen LogP contribution < -0.4 is 30.7 Å². The summed E-state index contributed by atoms with van der Waals surface area (Å²) >= 11 is 12.5. The molecule has 0 aliphatic heterocycles. The van der Waals surface area contributed by atoms with Crippen molar-refractivity contribution >= 4 is 102 Å². The van der Waals surface area contributed by atoms with Gasteiger partial charge in [0.25, 0.3) is 0 Å². The Kier molecular flexibility index (Phi) is 14.6. The third kappa shape index (κ3) is 11.3. The first-order chi connectivity index (χ1) is 28.9. The van der Waals surface area contributed by atoms with Crippen LogP contribution in [0, 0.1) is 0 Å². The molecule has 0 unspecified atom stereocenters. The van der Waals surface area contributed by atoms with Crippen molar-refractivity contribution in [3.8, 4) is 11.5 Å². The first kappa shape index (κ1) is 43.4. The van der Waals surface area contributed by atoms with E-state index in [4.69, 9.17) is 42.6 Å². The average Bonchev–Trinajstić information content (AvgIpc) is 3.21. The molecule has 2 aromatic heterocycles. The van der Waals surface area contributed by atoms with Crippen LogP contribution in [0.4, 0.5) is 11.4 Å². The fraction of sp³-hybridized carbons (Fsp3) is 0.286. The lowest BCUT2D eigenvalue weighted by Crippen LogP contribution is -2.47. The van der Waals surface area contributed by atoms with E-state index in [-0.39, 0.29) is 39.3 Å². The lowest BCUT2D eigenvalue weighted by atomic mass is 10.1. The van der Waals surface area contributed by atoms with E-state index >= 15 is 0 Å². The number of pyridine rings is 2. The summed E-state index contributed by atoms with van der Waals surface area (Å²) in [6.45, 7) is -0.385. The van der Waals surface area contributed by atoms with Gasteiger partial charge in [-0.3, -0.25) is 29.0 Å². The van der Waals surface area contributed by atoms with Crippen molar-refractivity contribution < 1.29 is 38.9 Å². The van der Waals surface area contributed by atoms with Gasteiger partial charge >= 0.3 is 11.9 Å². The number of hydrogen-bond acceptors (Lipinski definition) is 12. The summed E-state index contributed by atoms with van der Waals surface area (Å²) in [5, 5.41) is 35.9. The molecule has 0 saturated heterocycles. The minimum absolute atomic E-state index is 0.00907. The van der Waals surface area contributed by atoms with Gasteiger partial charge < -0.3 is 41.0 Å². The molecule has 4 aromatic carbocycles. The van der Waals surface area contributed by atoms with Crippen molar-refractivity contribution in [2.75, 3.05) is 90.3 Å². The average molecular weight is 860 g/mol. The fourth-order valence-corrected chi connectivity index (χ4v) is 7.15. The van der Waals surface area contributed by atoms with E-state index in [1.54, 1.807) is 38.5 Å². The fourth-order valence-electron chi connectivity index (χ4n) is 6.82. The van der Waals surface area contributed by atoms with Crippen LogP contribution >= 0.6 is 23.2 Å². The Balaban J connectivity index is 1.01. The van der Waals surface area contributed by atoms with Crippen LogP contribution in [0.1, 0.15) is 0 Å². The van der Waals surface area contributed by atoms with Crippen molar-refractivity contribution in [3.63, 3.8) is 0 Å². The Hall–Kier alpha value is -6.20.